The molecular weight excluding hydrogens is 248 g/mol. The van der Waals surface area contributed by atoms with Crippen LogP contribution >= 0.6 is 0 Å². The summed E-state index contributed by atoms with van der Waals surface area (Å²) >= 11 is 0. The van der Waals surface area contributed by atoms with Crippen LogP contribution in [0.1, 0.15) is 31.9 Å². The molecule has 0 radical (unpaired) electrons. The van der Waals surface area contributed by atoms with E-state index in [1.807, 2.05) is 0 Å². The largest absolute Gasteiger partial charge is 0.352 e. The van der Waals surface area contributed by atoms with Gasteiger partial charge >= 0.3 is 0 Å². The van der Waals surface area contributed by atoms with Gasteiger partial charge in [0.2, 0.25) is 0 Å². The molecule has 1 aromatic heterocycles. The molecule has 0 aliphatic carbocycles. The van der Waals surface area contributed by atoms with Crippen LogP contribution in [0.25, 0.3) is 0 Å². The lowest BCUT2D eigenvalue weighted by molar-refractivity contribution is 0.371. The molecule has 1 N–H and O–H groups in total. The summed E-state index contributed by atoms with van der Waals surface area (Å²) in [5.74, 6) is 1.14. The molecule has 1 aliphatic heterocycles. The van der Waals surface area contributed by atoms with Crippen molar-refractivity contribution in [3.8, 4) is 0 Å². The van der Waals surface area contributed by atoms with Crippen molar-refractivity contribution in [1.29, 1.82) is 0 Å². The van der Waals surface area contributed by atoms with E-state index in [1.165, 1.54) is 12.8 Å². The first-order chi connectivity index (χ1) is 9.70. The summed E-state index contributed by atoms with van der Waals surface area (Å²) in [6, 6.07) is 7.01. The molecule has 0 saturated carbocycles. The lowest BCUT2D eigenvalue weighted by Gasteiger charge is -2.28. The summed E-state index contributed by atoms with van der Waals surface area (Å²) in [7, 11) is 4.30. The van der Waals surface area contributed by atoms with Gasteiger partial charge in [0.1, 0.15) is 5.82 Å². The maximum absolute atomic E-state index is 4.83. The number of hydrogen-bond donors (Lipinski definition) is 1. The zero-order valence-electron chi connectivity index (χ0n) is 13.1. The van der Waals surface area contributed by atoms with E-state index >= 15 is 0 Å². The Morgan fingerprint density at radius 1 is 1.40 bits per heavy atom. The summed E-state index contributed by atoms with van der Waals surface area (Å²) in [5.41, 5.74) is 1.14. The number of likely N-dealkylation sites (N-methyl/N-ethyl adjacent to an activating group) is 1. The lowest BCUT2D eigenvalue weighted by atomic mass is 10.2. The Hall–Kier alpha value is -1.13. The molecule has 0 bridgehead atoms. The first-order valence-electron chi connectivity index (χ1n) is 7.78. The first kappa shape index (κ1) is 15.3. The van der Waals surface area contributed by atoms with Crippen molar-refractivity contribution in [2.75, 3.05) is 38.6 Å². The topological polar surface area (TPSA) is 31.4 Å². The second kappa shape index (κ2) is 7.60. The molecular formula is C16H28N4. The number of hydrogen-bond acceptors (Lipinski definition) is 4. The van der Waals surface area contributed by atoms with E-state index in [0.717, 1.165) is 44.1 Å². The van der Waals surface area contributed by atoms with Crippen LogP contribution in [0.5, 0.6) is 0 Å². The third-order valence-corrected chi connectivity index (χ3v) is 3.77. The van der Waals surface area contributed by atoms with Gasteiger partial charge in [-0.05, 0) is 52.0 Å². The molecule has 0 aromatic carbocycles. The standard InChI is InChI=1S/C16H28N4/c1-4-10-17-12-14-7-5-9-16(18-14)20-11-6-8-15(20)13-19(2)3/h5,7,9,15,17H,4,6,8,10-13H2,1-3H3. The smallest absolute Gasteiger partial charge is 0.129 e. The molecule has 1 aromatic rings. The molecule has 2 rings (SSSR count). The number of rotatable bonds is 7. The molecule has 1 aliphatic rings. The van der Waals surface area contributed by atoms with Gasteiger partial charge in [-0.2, -0.15) is 0 Å². The molecule has 1 saturated heterocycles. The van der Waals surface area contributed by atoms with Crippen LogP contribution < -0.4 is 10.2 Å². The van der Waals surface area contributed by atoms with Crippen molar-refractivity contribution in [2.24, 2.45) is 0 Å². The van der Waals surface area contributed by atoms with Crippen LogP contribution in [-0.4, -0.2) is 49.7 Å². The Kier molecular flexibility index (Phi) is 5.80. The van der Waals surface area contributed by atoms with Crippen molar-refractivity contribution in [3.05, 3.63) is 23.9 Å². The predicted molar refractivity (Wildman–Crippen MR) is 85.2 cm³/mol. The second-order valence-electron chi connectivity index (χ2n) is 5.92. The van der Waals surface area contributed by atoms with Gasteiger partial charge in [0.15, 0.2) is 0 Å². The number of pyridine rings is 1. The normalized spacial score (nSPS) is 19.0. The fraction of sp³-hybridized carbons (Fsp3) is 0.688. The highest BCUT2D eigenvalue weighted by Crippen LogP contribution is 2.24. The zero-order chi connectivity index (χ0) is 14.4. The fourth-order valence-electron chi connectivity index (χ4n) is 2.87. The third-order valence-electron chi connectivity index (χ3n) is 3.77. The molecule has 1 atom stereocenters. The number of nitrogens with zero attached hydrogens (tertiary/aromatic N) is 3. The monoisotopic (exact) mass is 276 g/mol. The Labute approximate surface area is 123 Å². The van der Waals surface area contributed by atoms with E-state index in [1.54, 1.807) is 0 Å². The van der Waals surface area contributed by atoms with Gasteiger partial charge in [-0.15, -0.1) is 0 Å². The molecule has 20 heavy (non-hydrogen) atoms. The average molecular weight is 276 g/mol. The molecule has 4 heteroatoms. The predicted octanol–water partition coefficient (Wildman–Crippen LogP) is 2.11. The van der Waals surface area contributed by atoms with Crippen molar-refractivity contribution in [2.45, 2.75) is 38.8 Å². The minimum absolute atomic E-state index is 0.608. The Bertz CT molecular complexity index is 405. The van der Waals surface area contributed by atoms with E-state index in [9.17, 15) is 0 Å². The SMILES string of the molecule is CCCNCc1cccc(N2CCCC2CN(C)C)n1. The zero-order valence-corrected chi connectivity index (χ0v) is 13.1. The van der Waals surface area contributed by atoms with Gasteiger partial charge < -0.3 is 15.1 Å². The highest BCUT2D eigenvalue weighted by atomic mass is 15.3. The van der Waals surface area contributed by atoms with E-state index in [4.69, 9.17) is 4.98 Å². The molecule has 0 amide bonds. The van der Waals surface area contributed by atoms with Crippen molar-refractivity contribution in [1.82, 2.24) is 15.2 Å². The van der Waals surface area contributed by atoms with Gasteiger partial charge in [-0.1, -0.05) is 13.0 Å². The number of anilines is 1. The quantitative estimate of drug-likeness (QED) is 0.773. The van der Waals surface area contributed by atoms with Crippen molar-refractivity contribution >= 4 is 5.82 Å². The van der Waals surface area contributed by atoms with E-state index < -0.39 is 0 Å². The van der Waals surface area contributed by atoms with Gasteiger partial charge in [-0.25, -0.2) is 4.98 Å². The van der Waals surface area contributed by atoms with Gasteiger partial charge in [0.05, 0.1) is 5.69 Å². The lowest BCUT2D eigenvalue weighted by Crippen LogP contribution is -2.38. The first-order valence-corrected chi connectivity index (χ1v) is 7.78. The summed E-state index contributed by atoms with van der Waals surface area (Å²) in [6.45, 7) is 6.36. The van der Waals surface area contributed by atoms with Crippen LogP contribution in [0.15, 0.2) is 18.2 Å². The van der Waals surface area contributed by atoms with Crippen molar-refractivity contribution < 1.29 is 0 Å². The molecule has 1 fully saturated rings. The molecule has 2 heterocycles. The van der Waals surface area contributed by atoms with Crippen LogP contribution in [0.3, 0.4) is 0 Å². The summed E-state index contributed by atoms with van der Waals surface area (Å²) in [5, 5.41) is 3.42. The highest BCUT2D eigenvalue weighted by Gasteiger charge is 2.25. The Balaban J connectivity index is 2.01. The van der Waals surface area contributed by atoms with E-state index in [2.05, 4.69) is 54.3 Å². The Morgan fingerprint density at radius 3 is 3.00 bits per heavy atom. The number of nitrogens with one attached hydrogen (secondary N) is 1. The molecule has 0 spiro atoms. The second-order valence-corrected chi connectivity index (χ2v) is 5.92. The van der Waals surface area contributed by atoms with Gasteiger partial charge in [0, 0.05) is 25.7 Å². The van der Waals surface area contributed by atoms with Crippen molar-refractivity contribution in [3.63, 3.8) is 0 Å². The highest BCUT2D eigenvalue weighted by molar-refractivity contribution is 5.42. The van der Waals surface area contributed by atoms with Crippen LogP contribution in [0.2, 0.25) is 0 Å². The van der Waals surface area contributed by atoms with E-state index in [0.29, 0.717) is 6.04 Å². The van der Waals surface area contributed by atoms with Crippen LogP contribution in [0.4, 0.5) is 5.82 Å². The van der Waals surface area contributed by atoms with E-state index in [-0.39, 0.29) is 0 Å². The average Bonchev–Trinajstić information content (AvgIpc) is 2.87. The number of aromatic nitrogens is 1. The molecule has 112 valence electrons. The molecule has 4 nitrogen and oxygen atoms in total. The fourth-order valence-corrected chi connectivity index (χ4v) is 2.87. The maximum Gasteiger partial charge on any atom is 0.129 e. The van der Waals surface area contributed by atoms with Crippen LogP contribution in [-0.2, 0) is 6.54 Å². The minimum Gasteiger partial charge on any atom is -0.352 e. The summed E-state index contributed by atoms with van der Waals surface area (Å²) in [6.07, 6.45) is 3.72. The summed E-state index contributed by atoms with van der Waals surface area (Å²) < 4.78 is 0. The Morgan fingerprint density at radius 2 is 2.25 bits per heavy atom. The third kappa shape index (κ3) is 4.18. The van der Waals surface area contributed by atoms with Crippen LogP contribution in [0, 0.1) is 0 Å². The molecule has 1 unspecified atom stereocenters. The summed E-state index contributed by atoms with van der Waals surface area (Å²) in [4.78, 5) is 9.58. The maximum atomic E-state index is 4.83. The minimum atomic E-state index is 0.608. The van der Waals surface area contributed by atoms with Gasteiger partial charge in [-0.3, -0.25) is 0 Å². The van der Waals surface area contributed by atoms with Gasteiger partial charge in [0.25, 0.3) is 0 Å².